The minimum Gasteiger partial charge on any atom is -0.383 e. The third-order valence-corrected chi connectivity index (χ3v) is 5.60. The smallest absolute Gasteiger partial charge is 0.288 e. The number of pyridine rings is 1. The second kappa shape index (κ2) is 8.79. The number of nitrogens with one attached hydrogen (secondary N) is 2. The second-order valence-electron chi connectivity index (χ2n) is 7.61. The van der Waals surface area contributed by atoms with Crippen molar-refractivity contribution in [1.29, 1.82) is 0 Å². The van der Waals surface area contributed by atoms with Gasteiger partial charge in [-0.15, -0.1) is 0 Å². The monoisotopic (exact) mass is 411 g/mol. The Morgan fingerprint density at radius 1 is 1.20 bits per heavy atom. The second-order valence-corrected chi connectivity index (χ2v) is 7.61. The maximum absolute atomic E-state index is 14.6. The van der Waals surface area contributed by atoms with Gasteiger partial charge in [0.15, 0.2) is 5.82 Å². The van der Waals surface area contributed by atoms with Gasteiger partial charge in [0, 0.05) is 48.2 Å². The van der Waals surface area contributed by atoms with Crippen LogP contribution in [-0.2, 0) is 4.74 Å². The average molecular weight is 411 g/mol. The van der Waals surface area contributed by atoms with Gasteiger partial charge < -0.3 is 15.4 Å². The van der Waals surface area contributed by atoms with Gasteiger partial charge in [0.1, 0.15) is 5.65 Å². The summed E-state index contributed by atoms with van der Waals surface area (Å²) in [5, 5.41) is 7.01. The zero-order valence-electron chi connectivity index (χ0n) is 17.2. The highest BCUT2D eigenvalue weighted by Crippen LogP contribution is 2.31. The van der Waals surface area contributed by atoms with Crippen LogP contribution >= 0.6 is 0 Å². The third-order valence-electron chi connectivity index (χ3n) is 5.60. The molecule has 4 rings (SSSR count). The number of fused-ring (bicyclic) bond motifs is 1. The number of nitrogens with zero attached hydrogens (tertiary/aromatic N) is 3. The van der Waals surface area contributed by atoms with Crippen molar-refractivity contribution in [2.45, 2.75) is 38.6 Å². The summed E-state index contributed by atoms with van der Waals surface area (Å²) in [6.45, 7) is 2.96. The molecule has 1 aliphatic carbocycles. The molecule has 1 fully saturated rings. The zero-order valence-corrected chi connectivity index (χ0v) is 17.2. The van der Waals surface area contributed by atoms with Crippen LogP contribution in [0.1, 0.15) is 37.3 Å². The minimum absolute atomic E-state index is 0.0182. The number of rotatable bonds is 7. The summed E-state index contributed by atoms with van der Waals surface area (Å²) >= 11 is 0. The van der Waals surface area contributed by atoms with Crippen LogP contribution in [-0.4, -0.2) is 34.8 Å². The van der Waals surface area contributed by atoms with Crippen LogP contribution in [0.4, 0.5) is 21.7 Å². The van der Waals surface area contributed by atoms with E-state index in [4.69, 9.17) is 4.74 Å². The molecule has 1 saturated carbocycles. The quantitative estimate of drug-likeness (QED) is 0.569. The SMILES string of the molecule is COCCNc1ccc(Nc2ncc3c(C)c(F)c(=O)n(C4CCCC4)c3n2)cc1. The Morgan fingerprint density at radius 3 is 2.60 bits per heavy atom. The molecule has 0 saturated heterocycles. The fourth-order valence-corrected chi connectivity index (χ4v) is 3.96. The van der Waals surface area contributed by atoms with Gasteiger partial charge in [-0.2, -0.15) is 4.98 Å². The normalized spacial score (nSPS) is 14.4. The van der Waals surface area contributed by atoms with Crippen molar-refractivity contribution >= 4 is 28.4 Å². The Balaban J connectivity index is 1.65. The number of anilines is 3. The molecular weight excluding hydrogens is 385 g/mol. The number of halogens is 1. The van der Waals surface area contributed by atoms with Crippen LogP contribution in [0.15, 0.2) is 35.3 Å². The van der Waals surface area contributed by atoms with Crippen molar-refractivity contribution in [3.05, 3.63) is 52.2 Å². The van der Waals surface area contributed by atoms with Gasteiger partial charge in [-0.3, -0.25) is 9.36 Å². The first-order valence-corrected chi connectivity index (χ1v) is 10.3. The summed E-state index contributed by atoms with van der Waals surface area (Å²) in [6.07, 6.45) is 5.39. The van der Waals surface area contributed by atoms with Crippen LogP contribution < -0.4 is 16.2 Å². The molecule has 0 atom stereocenters. The number of ether oxygens (including phenoxy) is 1. The highest BCUT2D eigenvalue weighted by Gasteiger charge is 2.24. The molecule has 0 bridgehead atoms. The van der Waals surface area contributed by atoms with E-state index in [0.717, 1.165) is 43.6 Å². The average Bonchev–Trinajstić information content (AvgIpc) is 3.28. The van der Waals surface area contributed by atoms with Crippen molar-refractivity contribution in [3.8, 4) is 0 Å². The first kappa shape index (κ1) is 20.3. The molecule has 0 radical (unpaired) electrons. The molecule has 0 aliphatic heterocycles. The summed E-state index contributed by atoms with van der Waals surface area (Å²) in [5.74, 6) is -0.338. The number of hydrogen-bond donors (Lipinski definition) is 2. The maximum Gasteiger partial charge on any atom is 0.288 e. The molecule has 8 heteroatoms. The zero-order chi connectivity index (χ0) is 21.1. The lowest BCUT2D eigenvalue weighted by Crippen LogP contribution is -2.28. The summed E-state index contributed by atoms with van der Waals surface area (Å²) < 4.78 is 21.1. The summed E-state index contributed by atoms with van der Waals surface area (Å²) in [4.78, 5) is 21.6. The third kappa shape index (κ3) is 4.00. The van der Waals surface area contributed by atoms with Crippen molar-refractivity contribution in [1.82, 2.24) is 14.5 Å². The van der Waals surface area contributed by atoms with E-state index < -0.39 is 11.4 Å². The molecule has 1 aromatic carbocycles. The van der Waals surface area contributed by atoms with Crippen LogP contribution in [0.2, 0.25) is 0 Å². The van der Waals surface area contributed by atoms with Crippen LogP contribution in [0.3, 0.4) is 0 Å². The van der Waals surface area contributed by atoms with Gasteiger partial charge in [-0.05, 0) is 44.0 Å². The predicted octanol–water partition coefficient (Wildman–Crippen LogP) is 4.16. The lowest BCUT2D eigenvalue weighted by atomic mass is 10.1. The number of hydrogen-bond acceptors (Lipinski definition) is 6. The molecule has 2 N–H and O–H groups in total. The summed E-state index contributed by atoms with van der Waals surface area (Å²) in [7, 11) is 1.67. The molecule has 1 aliphatic rings. The van der Waals surface area contributed by atoms with E-state index in [2.05, 4.69) is 20.6 Å². The lowest BCUT2D eigenvalue weighted by molar-refractivity contribution is 0.211. The molecule has 0 amide bonds. The van der Waals surface area contributed by atoms with E-state index in [1.807, 2.05) is 24.3 Å². The minimum atomic E-state index is -0.713. The highest BCUT2D eigenvalue weighted by atomic mass is 19.1. The number of methoxy groups -OCH3 is 1. The molecule has 0 spiro atoms. The molecule has 7 nitrogen and oxygen atoms in total. The number of aromatic nitrogens is 3. The Morgan fingerprint density at radius 2 is 1.90 bits per heavy atom. The van der Waals surface area contributed by atoms with Crippen molar-refractivity contribution in [2.24, 2.45) is 0 Å². The lowest BCUT2D eigenvalue weighted by Gasteiger charge is -2.18. The molecule has 2 aromatic heterocycles. The molecule has 3 aromatic rings. The molecule has 0 unspecified atom stereocenters. The fourth-order valence-electron chi connectivity index (χ4n) is 3.96. The Bertz CT molecular complexity index is 1090. The van der Waals surface area contributed by atoms with Gasteiger partial charge in [-0.1, -0.05) is 12.8 Å². The van der Waals surface area contributed by atoms with Crippen LogP contribution in [0.5, 0.6) is 0 Å². The van der Waals surface area contributed by atoms with E-state index in [1.54, 1.807) is 20.2 Å². The fraction of sp³-hybridized carbons (Fsp3) is 0.409. The van der Waals surface area contributed by atoms with E-state index >= 15 is 0 Å². The van der Waals surface area contributed by atoms with Crippen molar-refractivity contribution in [3.63, 3.8) is 0 Å². The van der Waals surface area contributed by atoms with Crippen LogP contribution in [0, 0.1) is 12.7 Å². The van der Waals surface area contributed by atoms with E-state index in [0.29, 0.717) is 29.2 Å². The summed E-state index contributed by atoms with van der Waals surface area (Å²) in [6, 6.07) is 7.72. The topological polar surface area (TPSA) is 81.1 Å². The van der Waals surface area contributed by atoms with E-state index in [1.165, 1.54) is 4.57 Å². The molecule has 2 heterocycles. The highest BCUT2D eigenvalue weighted by molar-refractivity contribution is 5.79. The number of aryl methyl sites for hydroxylation is 1. The Hall–Kier alpha value is -3.00. The number of benzene rings is 1. The van der Waals surface area contributed by atoms with E-state index in [-0.39, 0.29) is 6.04 Å². The Labute approximate surface area is 174 Å². The standard InChI is InChI=1S/C22H26FN5O2/c1-14-18-13-25-22(26-16-9-7-15(8-10-16)24-11-12-30-2)27-20(18)28(21(29)19(14)23)17-5-3-4-6-17/h7-10,13,17,24H,3-6,11-12H2,1-2H3,(H,25,26,27). The van der Waals surface area contributed by atoms with Gasteiger partial charge in [-0.25, -0.2) is 9.37 Å². The van der Waals surface area contributed by atoms with Crippen molar-refractivity contribution in [2.75, 3.05) is 30.9 Å². The van der Waals surface area contributed by atoms with Gasteiger partial charge in [0.2, 0.25) is 5.95 Å². The summed E-state index contributed by atoms with van der Waals surface area (Å²) in [5.41, 5.74) is 1.99. The van der Waals surface area contributed by atoms with Gasteiger partial charge in [0.05, 0.1) is 6.61 Å². The van der Waals surface area contributed by atoms with E-state index in [9.17, 15) is 9.18 Å². The molecule has 158 valence electrons. The predicted molar refractivity (Wildman–Crippen MR) is 116 cm³/mol. The molecular formula is C22H26FN5O2. The largest absolute Gasteiger partial charge is 0.383 e. The van der Waals surface area contributed by atoms with Crippen molar-refractivity contribution < 1.29 is 9.13 Å². The van der Waals surface area contributed by atoms with Gasteiger partial charge >= 0.3 is 0 Å². The Kier molecular flexibility index (Phi) is 5.94. The molecule has 30 heavy (non-hydrogen) atoms. The maximum atomic E-state index is 14.6. The van der Waals surface area contributed by atoms with Gasteiger partial charge in [0.25, 0.3) is 5.56 Å². The van der Waals surface area contributed by atoms with Crippen LogP contribution in [0.25, 0.3) is 11.0 Å². The first-order valence-electron chi connectivity index (χ1n) is 10.3. The first-order chi connectivity index (χ1) is 14.6.